The molecule has 1 aliphatic rings. The van der Waals surface area contributed by atoms with Crippen LogP contribution >= 0.6 is 0 Å². The number of alkyl halides is 2. The van der Waals surface area contributed by atoms with Gasteiger partial charge in [-0.1, -0.05) is 27.2 Å². The summed E-state index contributed by atoms with van der Waals surface area (Å²) in [5.74, 6) is -2.47. The fourth-order valence-corrected chi connectivity index (χ4v) is 2.21. The molecule has 12 heavy (non-hydrogen) atoms. The van der Waals surface area contributed by atoms with E-state index in [1.54, 1.807) is 0 Å². The normalized spacial score (nSPS) is 35.5. The summed E-state index contributed by atoms with van der Waals surface area (Å²) in [7, 11) is 0. The minimum Gasteiger partial charge on any atom is -0.207 e. The summed E-state index contributed by atoms with van der Waals surface area (Å²) in [6, 6.07) is 0. The van der Waals surface area contributed by atoms with Gasteiger partial charge in [-0.25, -0.2) is 8.78 Å². The minimum atomic E-state index is -2.41. The van der Waals surface area contributed by atoms with Crippen LogP contribution in [-0.4, -0.2) is 5.92 Å². The van der Waals surface area contributed by atoms with Crippen LogP contribution in [-0.2, 0) is 0 Å². The largest absolute Gasteiger partial charge is 0.251 e. The summed E-state index contributed by atoms with van der Waals surface area (Å²) in [4.78, 5) is 0. The lowest BCUT2D eigenvalue weighted by Crippen LogP contribution is -2.37. The average Bonchev–Trinajstić information content (AvgIpc) is 1.82. The topological polar surface area (TPSA) is 0 Å². The average molecular weight is 176 g/mol. The van der Waals surface area contributed by atoms with Crippen molar-refractivity contribution in [3.8, 4) is 0 Å². The third kappa shape index (κ3) is 1.96. The first-order valence-corrected chi connectivity index (χ1v) is 4.81. The van der Waals surface area contributed by atoms with Gasteiger partial charge >= 0.3 is 0 Å². The highest BCUT2D eigenvalue weighted by Gasteiger charge is 2.44. The molecule has 1 saturated carbocycles. The molecule has 1 fully saturated rings. The van der Waals surface area contributed by atoms with Crippen molar-refractivity contribution < 1.29 is 8.78 Å². The van der Waals surface area contributed by atoms with E-state index in [1.165, 1.54) is 0 Å². The van der Waals surface area contributed by atoms with E-state index in [4.69, 9.17) is 0 Å². The van der Waals surface area contributed by atoms with E-state index in [9.17, 15) is 8.78 Å². The molecule has 0 heterocycles. The van der Waals surface area contributed by atoms with E-state index >= 15 is 0 Å². The van der Waals surface area contributed by atoms with Crippen LogP contribution in [0.15, 0.2) is 0 Å². The second-order valence-corrected chi connectivity index (χ2v) is 4.50. The lowest BCUT2D eigenvalue weighted by molar-refractivity contribution is -0.115. The molecular formula is C10H18F2. The molecule has 1 aliphatic carbocycles. The highest BCUT2D eigenvalue weighted by Crippen LogP contribution is 2.44. The maximum Gasteiger partial charge on any atom is 0.251 e. The molecule has 0 spiro atoms. The van der Waals surface area contributed by atoms with E-state index in [2.05, 4.69) is 0 Å². The monoisotopic (exact) mass is 176 g/mol. The fraction of sp³-hybridized carbons (Fsp3) is 1.00. The molecule has 72 valence electrons. The zero-order valence-corrected chi connectivity index (χ0v) is 8.11. The Morgan fingerprint density at radius 1 is 1.25 bits per heavy atom. The first-order chi connectivity index (χ1) is 5.43. The third-order valence-corrected chi connectivity index (χ3v) is 2.94. The van der Waals surface area contributed by atoms with Gasteiger partial charge in [0.25, 0.3) is 5.92 Å². The van der Waals surface area contributed by atoms with Crippen LogP contribution in [0.2, 0.25) is 0 Å². The number of rotatable bonds is 1. The molecule has 0 saturated heterocycles. The van der Waals surface area contributed by atoms with Gasteiger partial charge in [0.05, 0.1) is 0 Å². The Morgan fingerprint density at radius 2 is 1.83 bits per heavy atom. The molecule has 0 unspecified atom stereocenters. The van der Waals surface area contributed by atoms with Gasteiger partial charge < -0.3 is 0 Å². The van der Waals surface area contributed by atoms with Crippen molar-refractivity contribution in [1.82, 2.24) is 0 Å². The number of hydrogen-bond acceptors (Lipinski definition) is 0. The molecule has 0 bridgehead atoms. The smallest absolute Gasteiger partial charge is 0.207 e. The van der Waals surface area contributed by atoms with Gasteiger partial charge in [0, 0.05) is 12.3 Å². The van der Waals surface area contributed by atoms with E-state index in [-0.39, 0.29) is 24.2 Å². The summed E-state index contributed by atoms with van der Waals surface area (Å²) in [5.41, 5.74) is 0. The molecule has 0 amide bonds. The first-order valence-electron chi connectivity index (χ1n) is 4.81. The highest BCUT2D eigenvalue weighted by molar-refractivity contribution is 4.86. The zero-order valence-electron chi connectivity index (χ0n) is 8.11. The van der Waals surface area contributed by atoms with E-state index in [0.717, 1.165) is 6.42 Å². The van der Waals surface area contributed by atoms with Crippen molar-refractivity contribution >= 4 is 0 Å². The maximum absolute atomic E-state index is 13.4. The summed E-state index contributed by atoms with van der Waals surface area (Å²) in [5, 5.41) is 0. The Bertz CT molecular complexity index is 152. The lowest BCUT2D eigenvalue weighted by atomic mass is 9.75. The molecule has 2 atom stereocenters. The molecule has 2 heteroatoms. The van der Waals surface area contributed by atoms with Gasteiger partial charge in [0.1, 0.15) is 0 Å². The first kappa shape index (κ1) is 9.94. The molecule has 0 nitrogen and oxygen atoms in total. The number of halogens is 2. The van der Waals surface area contributed by atoms with Crippen molar-refractivity contribution in [3.05, 3.63) is 0 Å². The van der Waals surface area contributed by atoms with Crippen LogP contribution < -0.4 is 0 Å². The Labute approximate surface area is 73.3 Å². The predicted molar refractivity (Wildman–Crippen MR) is 46.3 cm³/mol. The van der Waals surface area contributed by atoms with E-state index in [1.807, 2.05) is 20.8 Å². The molecule has 0 aromatic heterocycles. The number of hydrogen-bond donors (Lipinski definition) is 0. The van der Waals surface area contributed by atoms with Crippen molar-refractivity contribution in [1.29, 1.82) is 0 Å². The van der Waals surface area contributed by atoms with Gasteiger partial charge in [-0.15, -0.1) is 0 Å². The fourth-order valence-electron chi connectivity index (χ4n) is 2.21. The van der Waals surface area contributed by atoms with Crippen molar-refractivity contribution in [2.45, 2.75) is 46.0 Å². The Kier molecular flexibility index (Phi) is 2.74. The van der Waals surface area contributed by atoms with Crippen molar-refractivity contribution in [2.75, 3.05) is 0 Å². The van der Waals surface area contributed by atoms with Crippen LogP contribution in [0.5, 0.6) is 0 Å². The summed E-state index contributed by atoms with van der Waals surface area (Å²) in [6.07, 6.45) is 1.76. The quantitative estimate of drug-likeness (QED) is 0.571. The molecule has 0 N–H and O–H groups in total. The molecule has 1 rings (SSSR count). The Hall–Kier alpha value is -0.140. The van der Waals surface area contributed by atoms with Gasteiger partial charge in [0.15, 0.2) is 0 Å². The van der Waals surface area contributed by atoms with E-state index < -0.39 is 5.92 Å². The SMILES string of the molecule is CC(C)[C@@H]1CC[C@@H](C)CC1(F)F. The van der Waals surface area contributed by atoms with Gasteiger partial charge in [-0.2, -0.15) is 0 Å². The lowest BCUT2D eigenvalue weighted by Gasteiger charge is -2.36. The van der Waals surface area contributed by atoms with Crippen LogP contribution in [0.1, 0.15) is 40.0 Å². The van der Waals surface area contributed by atoms with Crippen LogP contribution in [0.3, 0.4) is 0 Å². The third-order valence-electron chi connectivity index (χ3n) is 2.94. The van der Waals surface area contributed by atoms with Crippen molar-refractivity contribution in [3.63, 3.8) is 0 Å². The zero-order chi connectivity index (χ0) is 9.35. The summed E-state index contributed by atoms with van der Waals surface area (Å²) < 4.78 is 26.7. The Morgan fingerprint density at radius 3 is 2.25 bits per heavy atom. The molecule has 0 aromatic rings. The van der Waals surface area contributed by atoms with Gasteiger partial charge in [-0.05, 0) is 18.3 Å². The Balaban J connectivity index is 2.64. The highest BCUT2D eigenvalue weighted by atomic mass is 19.3. The van der Waals surface area contributed by atoms with Gasteiger partial charge in [0.2, 0.25) is 0 Å². The summed E-state index contributed by atoms with van der Waals surface area (Å²) in [6.45, 7) is 5.72. The second kappa shape index (κ2) is 3.31. The molecule has 0 radical (unpaired) electrons. The molecule has 0 aromatic carbocycles. The van der Waals surface area contributed by atoms with Crippen LogP contribution in [0.25, 0.3) is 0 Å². The second-order valence-electron chi connectivity index (χ2n) is 4.50. The van der Waals surface area contributed by atoms with Crippen molar-refractivity contribution in [2.24, 2.45) is 17.8 Å². The standard InChI is InChI=1S/C10H18F2/c1-7(2)9-5-4-8(3)6-10(9,11)12/h7-9H,4-6H2,1-3H3/t8-,9+/m1/s1. The van der Waals surface area contributed by atoms with Crippen LogP contribution in [0.4, 0.5) is 8.78 Å². The molecular weight excluding hydrogens is 158 g/mol. The summed E-state index contributed by atoms with van der Waals surface area (Å²) >= 11 is 0. The van der Waals surface area contributed by atoms with Crippen LogP contribution in [0, 0.1) is 17.8 Å². The maximum atomic E-state index is 13.4. The predicted octanol–water partition coefficient (Wildman–Crippen LogP) is 3.71. The molecule has 0 aliphatic heterocycles. The minimum absolute atomic E-state index is 0.0931. The van der Waals surface area contributed by atoms with Gasteiger partial charge in [-0.3, -0.25) is 0 Å². The van der Waals surface area contributed by atoms with E-state index in [0.29, 0.717) is 6.42 Å².